The highest BCUT2D eigenvalue weighted by Gasteiger charge is 2.39. The topological polar surface area (TPSA) is 58.1 Å². The van der Waals surface area contributed by atoms with Crippen LogP contribution < -0.4 is 15.4 Å². The molecule has 174 valence electrons. The second-order valence-electron chi connectivity index (χ2n) is 8.13. The van der Waals surface area contributed by atoms with Crippen molar-refractivity contribution in [1.82, 2.24) is 15.5 Å². The maximum Gasteiger partial charge on any atom is 0.422 e. The largest absolute Gasteiger partial charge is 0.484 e. The molecule has 1 aromatic rings. The number of benzene rings is 1. The molecule has 0 bridgehead atoms. The van der Waals surface area contributed by atoms with Crippen LogP contribution in [0.15, 0.2) is 29.3 Å². The lowest BCUT2D eigenvalue weighted by molar-refractivity contribution is -0.153. The fourth-order valence-electron chi connectivity index (χ4n) is 4.16. The molecule has 0 radical (unpaired) electrons. The van der Waals surface area contributed by atoms with Crippen molar-refractivity contribution in [1.29, 1.82) is 0 Å². The Morgan fingerprint density at radius 2 is 1.81 bits per heavy atom. The summed E-state index contributed by atoms with van der Waals surface area (Å²) in [4.78, 5) is 7.27. The standard InChI is InChI=1S/C22H33F3N4O2/c1-2-26-20(27-15-18-5-7-19(8-6-18)31-17-22(23,24)25)28-16-21(9-13-30-14-10-21)29-11-3-4-12-29/h5-8H,2-4,9-17H2,1H3,(H2,26,27,28). The number of nitrogens with one attached hydrogen (secondary N) is 2. The predicted molar refractivity (Wildman–Crippen MR) is 114 cm³/mol. The number of rotatable bonds is 8. The van der Waals surface area contributed by atoms with E-state index in [1.807, 2.05) is 6.92 Å². The van der Waals surface area contributed by atoms with Crippen LogP contribution in [0.3, 0.4) is 0 Å². The fourth-order valence-corrected chi connectivity index (χ4v) is 4.16. The van der Waals surface area contributed by atoms with E-state index in [1.165, 1.54) is 12.8 Å². The molecule has 2 fully saturated rings. The zero-order valence-corrected chi connectivity index (χ0v) is 18.1. The number of nitrogens with zero attached hydrogens (tertiary/aromatic N) is 2. The lowest BCUT2D eigenvalue weighted by Gasteiger charge is -2.45. The Morgan fingerprint density at radius 1 is 1.13 bits per heavy atom. The van der Waals surface area contributed by atoms with Crippen molar-refractivity contribution in [2.24, 2.45) is 4.99 Å². The van der Waals surface area contributed by atoms with Crippen LogP contribution in [-0.2, 0) is 11.3 Å². The maximum absolute atomic E-state index is 12.3. The van der Waals surface area contributed by atoms with Crippen molar-refractivity contribution in [2.75, 3.05) is 46.0 Å². The first-order valence-electron chi connectivity index (χ1n) is 11.0. The molecule has 2 saturated heterocycles. The zero-order chi connectivity index (χ0) is 22.2. The molecule has 2 aliphatic heterocycles. The van der Waals surface area contributed by atoms with Crippen LogP contribution in [0.4, 0.5) is 13.2 Å². The minimum Gasteiger partial charge on any atom is -0.484 e. The first-order valence-corrected chi connectivity index (χ1v) is 11.0. The lowest BCUT2D eigenvalue weighted by atomic mass is 9.88. The summed E-state index contributed by atoms with van der Waals surface area (Å²) in [6.45, 7) is 6.56. The number of alkyl halides is 3. The number of guanidine groups is 1. The van der Waals surface area contributed by atoms with E-state index in [0.29, 0.717) is 6.54 Å². The number of aliphatic imine (C=N–C) groups is 1. The van der Waals surface area contributed by atoms with Gasteiger partial charge in [0, 0.05) is 31.8 Å². The Kier molecular flexibility index (Phi) is 8.43. The molecule has 0 spiro atoms. The van der Waals surface area contributed by atoms with Gasteiger partial charge in [-0.25, -0.2) is 4.99 Å². The molecule has 0 unspecified atom stereocenters. The third-order valence-corrected chi connectivity index (χ3v) is 5.88. The van der Waals surface area contributed by atoms with E-state index in [2.05, 4.69) is 20.5 Å². The normalized spacial score (nSPS) is 19.9. The molecule has 2 aliphatic rings. The first-order chi connectivity index (χ1) is 14.9. The second-order valence-corrected chi connectivity index (χ2v) is 8.13. The molecule has 6 nitrogen and oxygen atoms in total. The SMILES string of the molecule is CCNC(=NCc1ccc(OCC(F)(F)F)cc1)NCC1(N2CCCC2)CCOCC1. The Hall–Kier alpha value is -2.00. The molecule has 0 aromatic heterocycles. The van der Waals surface area contributed by atoms with E-state index in [4.69, 9.17) is 9.47 Å². The van der Waals surface area contributed by atoms with Crippen LogP contribution in [0, 0.1) is 0 Å². The van der Waals surface area contributed by atoms with Crippen LogP contribution in [0.5, 0.6) is 5.75 Å². The van der Waals surface area contributed by atoms with Gasteiger partial charge in [0.25, 0.3) is 0 Å². The van der Waals surface area contributed by atoms with Crippen LogP contribution in [0.1, 0.15) is 38.2 Å². The van der Waals surface area contributed by atoms with Crippen LogP contribution in [0.25, 0.3) is 0 Å². The Morgan fingerprint density at radius 3 is 2.42 bits per heavy atom. The lowest BCUT2D eigenvalue weighted by Crippen LogP contribution is -2.58. The van der Waals surface area contributed by atoms with Gasteiger partial charge >= 0.3 is 6.18 Å². The quantitative estimate of drug-likeness (QED) is 0.478. The van der Waals surface area contributed by atoms with Gasteiger partial charge < -0.3 is 20.1 Å². The highest BCUT2D eigenvalue weighted by Crippen LogP contribution is 2.30. The summed E-state index contributed by atoms with van der Waals surface area (Å²) in [7, 11) is 0. The summed E-state index contributed by atoms with van der Waals surface area (Å²) >= 11 is 0. The van der Waals surface area contributed by atoms with Crippen molar-refractivity contribution in [2.45, 2.75) is 50.9 Å². The highest BCUT2D eigenvalue weighted by molar-refractivity contribution is 5.79. The summed E-state index contributed by atoms with van der Waals surface area (Å²) in [5, 5.41) is 6.81. The van der Waals surface area contributed by atoms with E-state index in [1.54, 1.807) is 24.3 Å². The zero-order valence-electron chi connectivity index (χ0n) is 18.1. The molecule has 0 aliphatic carbocycles. The maximum atomic E-state index is 12.3. The molecular weight excluding hydrogens is 409 g/mol. The van der Waals surface area contributed by atoms with Gasteiger partial charge in [-0.3, -0.25) is 4.90 Å². The van der Waals surface area contributed by atoms with Crippen molar-refractivity contribution >= 4 is 5.96 Å². The molecular formula is C22H33F3N4O2. The fraction of sp³-hybridized carbons (Fsp3) is 0.682. The van der Waals surface area contributed by atoms with Crippen molar-refractivity contribution in [3.8, 4) is 5.75 Å². The Bertz CT molecular complexity index is 698. The number of ether oxygens (including phenoxy) is 2. The van der Waals surface area contributed by atoms with Gasteiger partial charge in [-0.05, 0) is 63.4 Å². The van der Waals surface area contributed by atoms with Gasteiger partial charge in [0.1, 0.15) is 5.75 Å². The molecule has 1 aromatic carbocycles. The number of hydrogen-bond donors (Lipinski definition) is 2. The summed E-state index contributed by atoms with van der Waals surface area (Å²) in [5.41, 5.74) is 1.000. The van der Waals surface area contributed by atoms with E-state index < -0.39 is 12.8 Å². The van der Waals surface area contributed by atoms with Gasteiger partial charge in [-0.2, -0.15) is 13.2 Å². The Labute approximate surface area is 182 Å². The average Bonchev–Trinajstić information content (AvgIpc) is 3.31. The van der Waals surface area contributed by atoms with Gasteiger partial charge in [0.15, 0.2) is 12.6 Å². The summed E-state index contributed by atoms with van der Waals surface area (Å²) < 4.78 is 47.2. The minimum absolute atomic E-state index is 0.0996. The summed E-state index contributed by atoms with van der Waals surface area (Å²) in [6.07, 6.45) is 0.183. The number of hydrogen-bond acceptors (Lipinski definition) is 4. The third-order valence-electron chi connectivity index (χ3n) is 5.88. The minimum atomic E-state index is -4.34. The highest BCUT2D eigenvalue weighted by atomic mass is 19.4. The van der Waals surface area contributed by atoms with Crippen molar-refractivity contribution in [3.05, 3.63) is 29.8 Å². The van der Waals surface area contributed by atoms with Gasteiger partial charge in [-0.1, -0.05) is 12.1 Å². The molecule has 0 amide bonds. The van der Waals surface area contributed by atoms with E-state index in [0.717, 1.165) is 63.8 Å². The number of halogens is 3. The third kappa shape index (κ3) is 7.28. The second kappa shape index (κ2) is 11.0. The smallest absolute Gasteiger partial charge is 0.422 e. The van der Waals surface area contributed by atoms with E-state index in [-0.39, 0.29) is 11.3 Å². The molecule has 31 heavy (non-hydrogen) atoms. The van der Waals surface area contributed by atoms with E-state index in [9.17, 15) is 13.2 Å². The summed E-state index contributed by atoms with van der Waals surface area (Å²) in [6, 6.07) is 6.56. The molecule has 0 atom stereocenters. The predicted octanol–water partition coefficient (Wildman–Crippen LogP) is 3.33. The van der Waals surface area contributed by atoms with Gasteiger partial charge in [0.05, 0.1) is 6.54 Å². The first kappa shape index (κ1) is 23.7. The van der Waals surface area contributed by atoms with Crippen LogP contribution in [0.2, 0.25) is 0 Å². The molecule has 9 heteroatoms. The average molecular weight is 443 g/mol. The number of likely N-dealkylation sites (tertiary alicyclic amines) is 1. The Balaban J connectivity index is 1.58. The van der Waals surface area contributed by atoms with E-state index >= 15 is 0 Å². The monoisotopic (exact) mass is 442 g/mol. The van der Waals surface area contributed by atoms with Gasteiger partial charge in [-0.15, -0.1) is 0 Å². The molecule has 0 saturated carbocycles. The van der Waals surface area contributed by atoms with Gasteiger partial charge in [0.2, 0.25) is 0 Å². The van der Waals surface area contributed by atoms with Crippen LogP contribution >= 0.6 is 0 Å². The van der Waals surface area contributed by atoms with Crippen molar-refractivity contribution in [3.63, 3.8) is 0 Å². The molecule has 2 heterocycles. The van der Waals surface area contributed by atoms with Crippen molar-refractivity contribution < 1.29 is 22.6 Å². The summed E-state index contributed by atoms with van der Waals surface area (Å²) in [5.74, 6) is 0.937. The molecule has 3 rings (SSSR count). The van der Waals surface area contributed by atoms with Crippen LogP contribution in [-0.4, -0.2) is 68.6 Å². The molecule has 2 N–H and O–H groups in total.